The molecule has 0 saturated carbocycles. The summed E-state index contributed by atoms with van der Waals surface area (Å²) in [7, 11) is 0. The second-order valence-electron chi connectivity index (χ2n) is 4.57. The third-order valence-electron chi connectivity index (χ3n) is 2.36. The number of pyridine rings is 1. The molecule has 0 aromatic carbocycles. The van der Waals surface area contributed by atoms with E-state index >= 15 is 0 Å². The smallest absolute Gasteiger partial charge is 0.254 e. The molecule has 0 fully saturated rings. The number of amides is 1. The van der Waals surface area contributed by atoms with Crippen molar-refractivity contribution in [3.05, 3.63) is 23.9 Å². The number of nitrogens with one attached hydrogen (secondary N) is 1. The van der Waals surface area contributed by atoms with Crippen LogP contribution in [0.15, 0.2) is 23.4 Å². The van der Waals surface area contributed by atoms with Crippen molar-refractivity contribution in [2.45, 2.75) is 18.9 Å². The van der Waals surface area contributed by atoms with Crippen LogP contribution in [0.5, 0.6) is 0 Å². The fraction of sp³-hybridized carbons (Fsp3) is 0.500. The van der Waals surface area contributed by atoms with Gasteiger partial charge in [0.2, 0.25) is 0 Å². The van der Waals surface area contributed by atoms with Crippen LogP contribution in [0.3, 0.4) is 0 Å². The van der Waals surface area contributed by atoms with Gasteiger partial charge in [-0.1, -0.05) is 13.8 Å². The van der Waals surface area contributed by atoms with Crippen LogP contribution >= 0.6 is 11.8 Å². The molecule has 1 aromatic heterocycles. The van der Waals surface area contributed by atoms with Crippen molar-refractivity contribution in [2.24, 2.45) is 5.41 Å². The molecule has 1 amide bonds. The maximum atomic E-state index is 11.9. The molecule has 0 aliphatic heterocycles. The van der Waals surface area contributed by atoms with Crippen LogP contribution in [-0.2, 0) is 0 Å². The zero-order valence-corrected chi connectivity index (χ0v) is 11.2. The first-order valence-electron chi connectivity index (χ1n) is 5.38. The van der Waals surface area contributed by atoms with Gasteiger partial charge in [-0.2, -0.15) is 0 Å². The highest BCUT2D eigenvalue weighted by atomic mass is 32.2. The quantitative estimate of drug-likeness (QED) is 0.783. The molecule has 94 valence electrons. The van der Waals surface area contributed by atoms with E-state index in [1.165, 1.54) is 11.8 Å². The Kier molecular flexibility index (Phi) is 4.96. The van der Waals surface area contributed by atoms with Gasteiger partial charge >= 0.3 is 0 Å². The van der Waals surface area contributed by atoms with Gasteiger partial charge < -0.3 is 10.4 Å². The van der Waals surface area contributed by atoms with Gasteiger partial charge in [0.1, 0.15) is 5.03 Å². The minimum absolute atomic E-state index is 0.0374. The summed E-state index contributed by atoms with van der Waals surface area (Å²) in [6.07, 6.45) is 3.55. The Morgan fingerprint density at radius 2 is 2.29 bits per heavy atom. The molecule has 0 aliphatic carbocycles. The summed E-state index contributed by atoms with van der Waals surface area (Å²) in [6.45, 7) is 4.26. The monoisotopic (exact) mass is 254 g/mol. The number of rotatable bonds is 5. The number of aliphatic hydroxyl groups excluding tert-OH is 1. The summed E-state index contributed by atoms with van der Waals surface area (Å²) in [5.74, 6) is -0.149. The number of nitrogens with zero attached hydrogens (tertiary/aromatic N) is 1. The Morgan fingerprint density at radius 3 is 2.88 bits per heavy atom. The van der Waals surface area contributed by atoms with Crippen molar-refractivity contribution in [2.75, 3.05) is 19.4 Å². The molecular weight excluding hydrogens is 236 g/mol. The van der Waals surface area contributed by atoms with Crippen LogP contribution < -0.4 is 5.32 Å². The Labute approximate surface area is 106 Å². The standard InChI is InChI=1S/C12H18N2O2S/c1-12(2,8-15)7-14-10(16)9-5-4-6-13-11(9)17-3/h4-6,15H,7-8H2,1-3H3,(H,14,16). The van der Waals surface area contributed by atoms with Crippen molar-refractivity contribution in [1.29, 1.82) is 0 Å². The number of carbonyl (C=O) groups excluding carboxylic acids is 1. The molecular formula is C12H18N2O2S. The van der Waals surface area contributed by atoms with Crippen molar-refractivity contribution in [3.63, 3.8) is 0 Å². The van der Waals surface area contributed by atoms with Gasteiger partial charge in [-0.05, 0) is 18.4 Å². The number of aromatic nitrogens is 1. The van der Waals surface area contributed by atoms with Crippen LogP contribution in [0, 0.1) is 5.41 Å². The molecule has 0 bridgehead atoms. The number of carbonyl (C=O) groups is 1. The van der Waals surface area contributed by atoms with Gasteiger partial charge in [0.15, 0.2) is 0 Å². The molecule has 0 saturated heterocycles. The Hall–Kier alpha value is -1.07. The van der Waals surface area contributed by atoms with E-state index in [-0.39, 0.29) is 17.9 Å². The summed E-state index contributed by atoms with van der Waals surface area (Å²) in [6, 6.07) is 3.49. The van der Waals surface area contributed by atoms with Gasteiger partial charge in [-0.25, -0.2) is 4.98 Å². The van der Waals surface area contributed by atoms with Crippen molar-refractivity contribution in [1.82, 2.24) is 10.3 Å². The molecule has 4 nitrogen and oxygen atoms in total. The first-order valence-corrected chi connectivity index (χ1v) is 6.61. The van der Waals surface area contributed by atoms with Crippen LogP contribution in [-0.4, -0.2) is 35.4 Å². The van der Waals surface area contributed by atoms with E-state index in [9.17, 15) is 4.79 Å². The predicted molar refractivity (Wildman–Crippen MR) is 69.2 cm³/mol. The van der Waals surface area contributed by atoms with Crippen molar-refractivity contribution in [3.8, 4) is 0 Å². The molecule has 1 aromatic rings. The Balaban J connectivity index is 2.70. The predicted octanol–water partition coefficient (Wildman–Crippen LogP) is 1.55. The van der Waals surface area contributed by atoms with E-state index < -0.39 is 0 Å². The minimum atomic E-state index is -0.308. The third kappa shape index (κ3) is 4.02. The van der Waals surface area contributed by atoms with Gasteiger partial charge in [0.05, 0.1) is 5.56 Å². The van der Waals surface area contributed by atoms with Crippen molar-refractivity contribution < 1.29 is 9.90 Å². The zero-order valence-electron chi connectivity index (χ0n) is 10.4. The lowest BCUT2D eigenvalue weighted by molar-refractivity contribution is 0.0907. The van der Waals surface area contributed by atoms with E-state index in [0.29, 0.717) is 17.1 Å². The minimum Gasteiger partial charge on any atom is -0.396 e. The zero-order chi connectivity index (χ0) is 12.9. The topological polar surface area (TPSA) is 62.2 Å². The summed E-state index contributed by atoms with van der Waals surface area (Å²) < 4.78 is 0. The molecule has 0 atom stereocenters. The average Bonchev–Trinajstić information content (AvgIpc) is 2.36. The maximum Gasteiger partial charge on any atom is 0.254 e. The van der Waals surface area contributed by atoms with E-state index in [1.807, 2.05) is 20.1 Å². The summed E-state index contributed by atoms with van der Waals surface area (Å²) >= 11 is 1.44. The van der Waals surface area contributed by atoms with Gasteiger partial charge in [0, 0.05) is 24.8 Å². The van der Waals surface area contributed by atoms with Crippen LogP contribution in [0.4, 0.5) is 0 Å². The average molecular weight is 254 g/mol. The Morgan fingerprint density at radius 1 is 1.59 bits per heavy atom. The number of thioether (sulfide) groups is 1. The maximum absolute atomic E-state index is 11.9. The van der Waals surface area contributed by atoms with E-state index in [4.69, 9.17) is 5.11 Å². The Bertz CT molecular complexity index is 394. The molecule has 0 radical (unpaired) electrons. The number of aliphatic hydroxyl groups is 1. The number of hydrogen-bond donors (Lipinski definition) is 2. The summed E-state index contributed by atoms with van der Waals surface area (Å²) in [5.41, 5.74) is 0.269. The van der Waals surface area contributed by atoms with Crippen molar-refractivity contribution >= 4 is 17.7 Å². The first-order chi connectivity index (χ1) is 8.00. The van der Waals surface area contributed by atoms with Crippen LogP contribution in [0.2, 0.25) is 0 Å². The lowest BCUT2D eigenvalue weighted by atomic mass is 9.95. The lowest BCUT2D eigenvalue weighted by Crippen LogP contribution is -2.36. The highest BCUT2D eigenvalue weighted by molar-refractivity contribution is 7.98. The van der Waals surface area contributed by atoms with E-state index in [1.54, 1.807) is 18.3 Å². The fourth-order valence-corrected chi connectivity index (χ4v) is 1.74. The first kappa shape index (κ1) is 14.0. The summed E-state index contributed by atoms with van der Waals surface area (Å²) in [4.78, 5) is 16.1. The van der Waals surface area contributed by atoms with Gasteiger partial charge in [-0.3, -0.25) is 4.79 Å². The van der Waals surface area contributed by atoms with Crippen LogP contribution in [0.1, 0.15) is 24.2 Å². The molecule has 0 aliphatic rings. The lowest BCUT2D eigenvalue weighted by Gasteiger charge is -2.22. The second kappa shape index (κ2) is 6.02. The molecule has 17 heavy (non-hydrogen) atoms. The molecule has 5 heteroatoms. The van der Waals surface area contributed by atoms with Gasteiger partial charge in [-0.15, -0.1) is 11.8 Å². The molecule has 1 heterocycles. The SMILES string of the molecule is CSc1ncccc1C(=O)NCC(C)(C)CO. The highest BCUT2D eigenvalue weighted by Gasteiger charge is 2.19. The highest BCUT2D eigenvalue weighted by Crippen LogP contribution is 2.17. The normalized spacial score (nSPS) is 11.3. The second-order valence-corrected chi connectivity index (χ2v) is 5.36. The third-order valence-corrected chi connectivity index (χ3v) is 3.08. The van der Waals surface area contributed by atoms with Gasteiger partial charge in [0.25, 0.3) is 5.91 Å². The molecule has 1 rings (SSSR count). The van der Waals surface area contributed by atoms with Crippen LogP contribution in [0.25, 0.3) is 0 Å². The van der Waals surface area contributed by atoms with E-state index in [0.717, 1.165) is 0 Å². The largest absolute Gasteiger partial charge is 0.396 e. The molecule has 0 spiro atoms. The molecule has 2 N–H and O–H groups in total. The summed E-state index contributed by atoms with van der Waals surface area (Å²) in [5, 5.41) is 12.6. The number of hydrogen-bond acceptors (Lipinski definition) is 4. The fourth-order valence-electron chi connectivity index (χ4n) is 1.20. The van der Waals surface area contributed by atoms with E-state index in [2.05, 4.69) is 10.3 Å². The molecule has 0 unspecified atom stereocenters.